The van der Waals surface area contributed by atoms with Crippen LogP contribution in [-0.4, -0.2) is 12.6 Å². The van der Waals surface area contributed by atoms with Crippen molar-refractivity contribution in [2.45, 2.75) is 44.1 Å². The Hall–Kier alpha value is -1.16. The van der Waals surface area contributed by atoms with Gasteiger partial charge in [-0.15, -0.1) is 0 Å². The van der Waals surface area contributed by atoms with E-state index in [1.165, 1.54) is 12.1 Å². The molecule has 18 heavy (non-hydrogen) atoms. The largest absolute Gasteiger partial charge is 0.496 e. The molecule has 2 N–H and O–H groups in total. The van der Waals surface area contributed by atoms with Crippen molar-refractivity contribution in [1.29, 1.82) is 0 Å². The first-order valence-electron chi connectivity index (χ1n) is 6.18. The quantitative estimate of drug-likeness (QED) is 0.876. The first kappa shape index (κ1) is 13.3. The van der Waals surface area contributed by atoms with Crippen LogP contribution in [-0.2, 0) is 12.3 Å². The van der Waals surface area contributed by atoms with Crippen molar-refractivity contribution in [3.05, 3.63) is 29.3 Å². The lowest BCUT2D eigenvalue weighted by molar-refractivity contribution is 0.0173. The normalized spacial score (nSPS) is 17.6. The second-order valence-electron chi connectivity index (χ2n) is 5.28. The van der Waals surface area contributed by atoms with E-state index >= 15 is 0 Å². The number of aryl methyl sites for hydroxylation is 1. The Morgan fingerprint density at radius 1 is 1.39 bits per heavy atom. The van der Waals surface area contributed by atoms with E-state index in [-0.39, 0.29) is 11.1 Å². The molecule has 2 nitrogen and oxygen atoms in total. The number of ether oxygens (including phenoxy) is 1. The van der Waals surface area contributed by atoms with Gasteiger partial charge in [0.25, 0.3) is 5.92 Å². The van der Waals surface area contributed by atoms with E-state index in [9.17, 15) is 8.78 Å². The molecule has 0 bridgehead atoms. The molecule has 0 atom stereocenters. The summed E-state index contributed by atoms with van der Waals surface area (Å²) in [6.07, 6.45) is 3.56. The predicted molar refractivity (Wildman–Crippen MR) is 67.0 cm³/mol. The van der Waals surface area contributed by atoms with Crippen LogP contribution in [0.5, 0.6) is 5.75 Å². The van der Waals surface area contributed by atoms with E-state index < -0.39 is 5.92 Å². The van der Waals surface area contributed by atoms with E-state index in [0.717, 1.165) is 31.7 Å². The summed E-state index contributed by atoms with van der Waals surface area (Å²) in [5.74, 6) is -2.16. The predicted octanol–water partition coefficient (Wildman–Crippen LogP) is 3.23. The minimum atomic E-state index is -2.82. The summed E-state index contributed by atoms with van der Waals surface area (Å²) in [6, 6.07) is 4.56. The Labute approximate surface area is 106 Å². The number of methoxy groups -OCH3 is 1. The number of hydrogen-bond acceptors (Lipinski definition) is 2. The highest BCUT2D eigenvalue weighted by molar-refractivity contribution is 5.39. The maximum Gasteiger partial charge on any atom is 0.270 e. The fourth-order valence-electron chi connectivity index (χ4n) is 2.04. The Kier molecular flexibility index (Phi) is 3.32. The Morgan fingerprint density at radius 3 is 2.56 bits per heavy atom. The summed E-state index contributed by atoms with van der Waals surface area (Å²) in [4.78, 5) is 0. The van der Waals surface area contributed by atoms with E-state index in [4.69, 9.17) is 10.5 Å². The van der Waals surface area contributed by atoms with Gasteiger partial charge < -0.3 is 10.5 Å². The minimum absolute atomic E-state index is 0.0279. The fraction of sp³-hybridized carbons (Fsp3) is 0.571. The molecule has 0 aromatic heterocycles. The molecule has 0 saturated heterocycles. The molecule has 1 saturated carbocycles. The van der Waals surface area contributed by atoms with Gasteiger partial charge in [0.2, 0.25) is 0 Å². The summed E-state index contributed by atoms with van der Waals surface area (Å²) in [5.41, 5.74) is 6.79. The zero-order valence-corrected chi connectivity index (χ0v) is 10.8. The van der Waals surface area contributed by atoms with Crippen molar-refractivity contribution in [1.82, 2.24) is 0 Å². The van der Waals surface area contributed by atoms with Crippen LogP contribution < -0.4 is 10.5 Å². The minimum Gasteiger partial charge on any atom is -0.496 e. The van der Waals surface area contributed by atoms with E-state index in [1.807, 2.05) is 0 Å². The van der Waals surface area contributed by atoms with E-state index in [0.29, 0.717) is 12.2 Å². The third-order valence-corrected chi connectivity index (χ3v) is 3.57. The molecule has 0 heterocycles. The van der Waals surface area contributed by atoms with Crippen molar-refractivity contribution in [3.8, 4) is 5.75 Å². The topological polar surface area (TPSA) is 35.2 Å². The first-order chi connectivity index (χ1) is 8.34. The fourth-order valence-corrected chi connectivity index (χ4v) is 2.04. The van der Waals surface area contributed by atoms with Gasteiger partial charge in [-0.05, 0) is 49.4 Å². The number of nitrogens with two attached hydrogens (primary N) is 1. The second kappa shape index (κ2) is 4.50. The Balaban J connectivity index is 2.19. The van der Waals surface area contributed by atoms with Gasteiger partial charge in [-0.25, -0.2) is 8.78 Å². The molecule has 1 fully saturated rings. The average molecular weight is 255 g/mol. The lowest BCUT2D eigenvalue weighted by atomic mass is 9.99. The molecular weight excluding hydrogens is 236 g/mol. The van der Waals surface area contributed by atoms with Gasteiger partial charge in [-0.2, -0.15) is 0 Å². The molecule has 0 amide bonds. The van der Waals surface area contributed by atoms with Gasteiger partial charge in [0.15, 0.2) is 0 Å². The highest BCUT2D eigenvalue weighted by Gasteiger charge is 2.37. The molecule has 1 aliphatic carbocycles. The smallest absolute Gasteiger partial charge is 0.270 e. The van der Waals surface area contributed by atoms with E-state index in [2.05, 4.69) is 0 Å². The van der Waals surface area contributed by atoms with Gasteiger partial charge in [0.1, 0.15) is 5.75 Å². The van der Waals surface area contributed by atoms with Crippen LogP contribution in [0, 0.1) is 0 Å². The molecule has 1 aromatic rings. The third kappa shape index (κ3) is 2.99. The maximum atomic E-state index is 13.3. The maximum absolute atomic E-state index is 13.3. The standard InChI is InChI=1S/C14H19F2NO/c1-13(15,16)11-3-4-12(18-2)10(9-11)5-6-14(17)7-8-14/h3-4,9H,5-8,17H2,1-2H3. The van der Waals surface area contributed by atoms with Crippen molar-refractivity contribution in [2.24, 2.45) is 5.73 Å². The molecular formula is C14H19F2NO. The summed E-state index contributed by atoms with van der Waals surface area (Å²) in [7, 11) is 1.55. The highest BCUT2D eigenvalue weighted by Crippen LogP contribution is 2.38. The first-order valence-corrected chi connectivity index (χ1v) is 6.18. The van der Waals surface area contributed by atoms with Gasteiger partial charge in [0, 0.05) is 18.0 Å². The lowest BCUT2D eigenvalue weighted by Gasteiger charge is -2.16. The Bertz CT molecular complexity index is 436. The van der Waals surface area contributed by atoms with Crippen molar-refractivity contribution < 1.29 is 13.5 Å². The van der Waals surface area contributed by atoms with Gasteiger partial charge in [-0.1, -0.05) is 0 Å². The van der Waals surface area contributed by atoms with Crippen LogP contribution in [0.3, 0.4) is 0 Å². The average Bonchev–Trinajstić information content (AvgIpc) is 3.04. The summed E-state index contributed by atoms with van der Waals surface area (Å²) in [5, 5.41) is 0. The molecule has 0 unspecified atom stereocenters. The summed E-state index contributed by atoms with van der Waals surface area (Å²) < 4.78 is 31.8. The molecule has 1 aromatic carbocycles. The molecule has 0 aliphatic heterocycles. The Morgan fingerprint density at radius 2 is 2.06 bits per heavy atom. The van der Waals surface area contributed by atoms with Crippen molar-refractivity contribution >= 4 is 0 Å². The zero-order chi connectivity index (χ0) is 13.4. The van der Waals surface area contributed by atoms with Crippen LogP contribution in [0.2, 0.25) is 0 Å². The van der Waals surface area contributed by atoms with Gasteiger partial charge in [-0.3, -0.25) is 0 Å². The molecule has 1 aliphatic rings. The third-order valence-electron chi connectivity index (χ3n) is 3.57. The van der Waals surface area contributed by atoms with Crippen LogP contribution in [0.4, 0.5) is 8.78 Å². The number of benzene rings is 1. The number of hydrogen-bond donors (Lipinski definition) is 1. The van der Waals surface area contributed by atoms with Gasteiger partial charge in [0.05, 0.1) is 7.11 Å². The van der Waals surface area contributed by atoms with Crippen LogP contribution in [0.25, 0.3) is 0 Å². The van der Waals surface area contributed by atoms with Crippen LogP contribution >= 0.6 is 0 Å². The molecule has 2 rings (SSSR count). The molecule has 100 valence electrons. The van der Waals surface area contributed by atoms with Gasteiger partial charge >= 0.3 is 0 Å². The number of halogens is 2. The lowest BCUT2D eigenvalue weighted by Crippen LogP contribution is -2.22. The zero-order valence-electron chi connectivity index (χ0n) is 10.8. The van der Waals surface area contributed by atoms with Crippen LogP contribution in [0.1, 0.15) is 37.3 Å². The second-order valence-corrected chi connectivity index (χ2v) is 5.28. The SMILES string of the molecule is COc1ccc(C(C)(F)F)cc1CCC1(N)CC1. The number of alkyl halides is 2. The van der Waals surface area contributed by atoms with E-state index in [1.54, 1.807) is 13.2 Å². The van der Waals surface area contributed by atoms with Crippen molar-refractivity contribution in [2.75, 3.05) is 7.11 Å². The monoisotopic (exact) mass is 255 g/mol. The van der Waals surface area contributed by atoms with Crippen LogP contribution in [0.15, 0.2) is 18.2 Å². The molecule has 4 heteroatoms. The molecule has 0 radical (unpaired) electrons. The summed E-state index contributed by atoms with van der Waals surface area (Å²) >= 11 is 0. The molecule has 0 spiro atoms. The highest BCUT2D eigenvalue weighted by atomic mass is 19.3. The number of rotatable bonds is 5. The summed E-state index contributed by atoms with van der Waals surface area (Å²) in [6.45, 7) is 0.907. The van der Waals surface area contributed by atoms with Crippen molar-refractivity contribution in [3.63, 3.8) is 0 Å².